The van der Waals surface area contributed by atoms with Gasteiger partial charge < -0.3 is 4.74 Å². The maximum absolute atomic E-state index is 14.6. The number of piperidine rings is 1. The van der Waals surface area contributed by atoms with E-state index >= 15 is 0 Å². The Labute approximate surface area is 188 Å². The van der Waals surface area contributed by atoms with Crippen LogP contribution in [0.5, 0.6) is 5.75 Å². The fraction of sp³-hybridized carbons (Fsp3) is 0.480. The van der Waals surface area contributed by atoms with E-state index in [2.05, 4.69) is 46.9 Å². The van der Waals surface area contributed by atoms with Gasteiger partial charge in [0.05, 0.1) is 12.2 Å². The zero-order valence-electron chi connectivity index (χ0n) is 18.3. The van der Waals surface area contributed by atoms with Crippen molar-refractivity contribution in [2.75, 3.05) is 26.0 Å². The van der Waals surface area contributed by atoms with E-state index in [1.54, 1.807) is 12.3 Å². The number of hydrogen-bond donors (Lipinski definition) is 1. The molecule has 166 valence electrons. The van der Waals surface area contributed by atoms with Crippen molar-refractivity contribution in [2.24, 2.45) is 5.92 Å². The molecule has 31 heavy (non-hydrogen) atoms. The molecule has 2 aromatic carbocycles. The number of amides is 1. The number of benzene rings is 2. The minimum Gasteiger partial charge on any atom is -0.493 e. The molecule has 2 fully saturated rings. The molecule has 1 aliphatic heterocycles. The van der Waals surface area contributed by atoms with Crippen LogP contribution in [0.15, 0.2) is 42.5 Å². The number of carbonyl (C=O) groups is 1. The normalized spacial score (nSPS) is 18.5. The third kappa shape index (κ3) is 5.42. The Balaban J connectivity index is 1.35. The Hall–Kier alpha value is -2.05. The van der Waals surface area contributed by atoms with Crippen molar-refractivity contribution in [1.82, 2.24) is 9.62 Å². The summed E-state index contributed by atoms with van der Waals surface area (Å²) in [5.74, 6) is 0.551. The van der Waals surface area contributed by atoms with Crippen LogP contribution in [0.2, 0.25) is 0 Å². The average Bonchev–Trinajstić information content (AvgIpc) is 3.63. The second kappa shape index (κ2) is 10.0. The smallest absolute Gasteiger partial charge is 0.264 e. The van der Waals surface area contributed by atoms with Crippen LogP contribution >= 0.6 is 11.9 Å². The summed E-state index contributed by atoms with van der Waals surface area (Å²) in [5, 5.41) is 0. The molecule has 1 amide bonds. The number of likely N-dealkylation sites (tertiary alicyclic amines) is 1. The lowest BCUT2D eigenvalue weighted by molar-refractivity contribution is 0.0980. The van der Waals surface area contributed by atoms with Gasteiger partial charge in [-0.05, 0) is 74.7 Å². The Morgan fingerprint density at radius 1 is 1.19 bits per heavy atom. The predicted molar refractivity (Wildman–Crippen MR) is 124 cm³/mol. The van der Waals surface area contributed by atoms with Gasteiger partial charge >= 0.3 is 0 Å². The topological polar surface area (TPSA) is 41.6 Å². The summed E-state index contributed by atoms with van der Waals surface area (Å²) < 4.78 is 23.3. The first-order valence-electron chi connectivity index (χ1n) is 11.2. The fourth-order valence-electron chi connectivity index (χ4n) is 4.39. The van der Waals surface area contributed by atoms with E-state index in [9.17, 15) is 9.18 Å². The van der Waals surface area contributed by atoms with Crippen LogP contribution in [0.25, 0.3) is 0 Å². The van der Waals surface area contributed by atoms with Crippen molar-refractivity contribution in [2.45, 2.75) is 44.6 Å². The van der Waals surface area contributed by atoms with Gasteiger partial charge in [-0.15, -0.1) is 0 Å². The average molecular weight is 443 g/mol. The van der Waals surface area contributed by atoms with Gasteiger partial charge in [-0.2, -0.15) is 0 Å². The largest absolute Gasteiger partial charge is 0.493 e. The van der Waals surface area contributed by atoms with E-state index in [0.717, 1.165) is 44.3 Å². The zero-order chi connectivity index (χ0) is 21.8. The Morgan fingerprint density at radius 3 is 2.55 bits per heavy atom. The first-order chi connectivity index (χ1) is 15.1. The van der Waals surface area contributed by atoms with E-state index in [4.69, 9.17) is 4.74 Å². The maximum Gasteiger partial charge on any atom is 0.264 e. The molecule has 1 saturated carbocycles. The first-order valence-corrected chi connectivity index (χ1v) is 12.4. The lowest BCUT2D eigenvalue weighted by Crippen LogP contribution is -2.37. The number of ether oxygens (including phenoxy) is 1. The number of nitrogens with zero attached hydrogens (tertiary/aromatic N) is 1. The molecule has 2 aliphatic rings. The van der Waals surface area contributed by atoms with E-state index < -0.39 is 11.7 Å². The van der Waals surface area contributed by atoms with Crippen molar-refractivity contribution >= 4 is 17.9 Å². The second-order valence-electron chi connectivity index (χ2n) is 8.66. The number of carbonyl (C=O) groups excluding carboxylic acids is 1. The highest BCUT2D eigenvalue weighted by Gasteiger charge is 2.30. The van der Waals surface area contributed by atoms with Crippen LogP contribution < -0.4 is 9.46 Å². The van der Waals surface area contributed by atoms with Crippen molar-refractivity contribution in [3.05, 3.63) is 65.0 Å². The van der Waals surface area contributed by atoms with E-state index in [0.29, 0.717) is 30.2 Å². The van der Waals surface area contributed by atoms with E-state index in [1.165, 1.54) is 23.6 Å². The van der Waals surface area contributed by atoms with Crippen molar-refractivity contribution in [1.29, 1.82) is 0 Å². The Kier molecular flexibility index (Phi) is 7.18. The van der Waals surface area contributed by atoms with Gasteiger partial charge in [0.1, 0.15) is 11.6 Å². The van der Waals surface area contributed by atoms with Crippen molar-refractivity contribution in [3.63, 3.8) is 0 Å². The molecular weight excluding hydrogens is 411 g/mol. The monoisotopic (exact) mass is 442 g/mol. The van der Waals surface area contributed by atoms with Crippen LogP contribution in [0.1, 0.15) is 66.1 Å². The molecule has 4 nitrogen and oxygen atoms in total. The summed E-state index contributed by atoms with van der Waals surface area (Å²) in [5.41, 5.74) is 2.43. The van der Waals surface area contributed by atoms with Gasteiger partial charge in [-0.3, -0.25) is 14.4 Å². The van der Waals surface area contributed by atoms with Crippen LogP contribution in [0.3, 0.4) is 0 Å². The van der Waals surface area contributed by atoms with Crippen LogP contribution in [0, 0.1) is 11.7 Å². The quantitative estimate of drug-likeness (QED) is 0.543. The summed E-state index contributed by atoms with van der Waals surface area (Å²) in [6, 6.07) is 14.2. The molecule has 1 atom stereocenters. The van der Waals surface area contributed by atoms with Gasteiger partial charge in [-0.25, -0.2) is 4.39 Å². The summed E-state index contributed by atoms with van der Waals surface area (Å²) >= 11 is 1.18. The number of hydrogen-bond acceptors (Lipinski definition) is 4. The lowest BCUT2D eigenvalue weighted by Gasteiger charge is -2.36. The molecule has 1 heterocycles. The number of nitrogens with one attached hydrogen (secondary N) is 1. The summed E-state index contributed by atoms with van der Waals surface area (Å²) in [4.78, 5) is 14.7. The second-order valence-corrected chi connectivity index (χ2v) is 9.27. The lowest BCUT2D eigenvalue weighted by atomic mass is 9.95. The molecule has 0 bridgehead atoms. The molecule has 0 aromatic heterocycles. The van der Waals surface area contributed by atoms with Gasteiger partial charge in [0, 0.05) is 18.4 Å². The van der Waals surface area contributed by atoms with Crippen LogP contribution in [-0.4, -0.2) is 36.8 Å². The highest BCUT2D eigenvalue weighted by molar-refractivity contribution is 7.97. The minimum absolute atomic E-state index is 0.104. The predicted octanol–water partition coefficient (Wildman–Crippen LogP) is 5.56. The molecule has 0 radical (unpaired) electrons. The standard InChI is InChI=1S/C25H31FN2O2S/c1-17(19-6-4-3-5-7-19)28-12-10-18(11-13-28)16-30-24-15-23(26)22(25(29)27-31-2)14-21(24)20-8-9-20/h3-7,14-15,17-18,20H,8-13,16H2,1-2H3,(H,27,29). The summed E-state index contributed by atoms with van der Waals surface area (Å²) in [7, 11) is 0. The molecule has 1 N–H and O–H groups in total. The Bertz CT molecular complexity index is 896. The maximum atomic E-state index is 14.6. The number of rotatable bonds is 8. The Morgan fingerprint density at radius 2 is 1.90 bits per heavy atom. The summed E-state index contributed by atoms with van der Waals surface area (Å²) in [6.07, 6.45) is 6.04. The minimum atomic E-state index is -0.516. The first kappa shape index (κ1) is 22.2. The molecule has 1 unspecified atom stereocenters. The van der Waals surface area contributed by atoms with Crippen molar-refractivity contribution < 1.29 is 13.9 Å². The highest BCUT2D eigenvalue weighted by Crippen LogP contribution is 2.45. The van der Waals surface area contributed by atoms with Gasteiger partial charge in [0.2, 0.25) is 0 Å². The zero-order valence-corrected chi connectivity index (χ0v) is 19.1. The van der Waals surface area contributed by atoms with Gasteiger partial charge in [0.25, 0.3) is 5.91 Å². The molecule has 0 spiro atoms. The van der Waals surface area contributed by atoms with E-state index in [1.807, 2.05) is 0 Å². The molecular formula is C25H31FN2O2S. The van der Waals surface area contributed by atoms with E-state index in [-0.39, 0.29) is 5.56 Å². The molecule has 1 saturated heterocycles. The SMILES string of the molecule is CSNC(=O)c1cc(C2CC2)c(OCC2CCN(C(C)c3ccccc3)CC2)cc1F. The van der Waals surface area contributed by atoms with Gasteiger partial charge in [-0.1, -0.05) is 42.3 Å². The van der Waals surface area contributed by atoms with Crippen LogP contribution in [-0.2, 0) is 0 Å². The van der Waals surface area contributed by atoms with Crippen molar-refractivity contribution in [3.8, 4) is 5.75 Å². The third-order valence-electron chi connectivity index (χ3n) is 6.51. The highest BCUT2D eigenvalue weighted by atomic mass is 32.2. The molecule has 1 aliphatic carbocycles. The summed E-state index contributed by atoms with van der Waals surface area (Å²) in [6.45, 7) is 4.96. The molecule has 6 heteroatoms. The van der Waals surface area contributed by atoms with Crippen LogP contribution in [0.4, 0.5) is 4.39 Å². The number of halogens is 1. The molecule has 4 rings (SSSR count). The van der Waals surface area contributed by atoms with Gasteiger partial charge in [0.15, 0.2) is 0 Å². The molecule has 2 aromatic rings. The fourth-order valence-corrected chi connectivity index (χ4v) is 4.68. The third-order valence-corrected chi connectivity index (χ3v) is 6.90.